The van der Waals surface area contributed by atoms with Gasteiger partial charge in [-0.2, -0.15) is 0 Å². The van der Waals surface area contributed by atoms with Gasteiger partial charge in [0.25, 0.3) is 0 Å². The van der Waals surface area contributed by atoms with Gasteiger partial charge >= 0.3 is 0 Å². The quantitative estimate of drug-likeness (QED) is 0.939. The lowest BCUT2D eigenvalue weighted by Crippen LogP contribution is -2.08. The molecule has 0 bridgehead atoms. The lowest BCUT2D eigenvalue weighted by atomic mass is 10.1. The van der Waals surface area contributed by atoms with Gasteiger partial charge in [0.1, 0.15) is 16.5 Å². The summed E-state index contributed by atoms with van der Waals surface area (Å²) >= 11 is 0. The van der Waals surface area contributed by atoms with Gasteiger partial charge in [-0.1, -0.05) is 12.1 Å². The van der Waals surface area contributed by atoms with Crippen LogP contribution >= 0.6 is 0 Å². The third-order valence-corrected chi connectivity index (χ3v) is 4.19. The molecule has 1 atom stereocenters. The maximum atomic E-state index is 13.8. The van der Waals surface area contributed by atoms with Crippen LogP contribution in [-0.2, 0) is 9.84 Å². The SMILES string of the molecule is CC(Nc1cccc(F)c1)c1ccc(S(C)(=O)=O)c(F)c1. The van der Waals surface area contributed by atoms with E-state index < -0.39 is 15.7 Å². The molecular weight excluding hydrogens is 296 g/mol. The number of nitrogens with one attached hydrogen (secondary N) is 1. The van der Waals surface area contributed by atoms with Gasteiger partial charge in [0.2, 0.25) is 0 Å². The van der Waals surface area contributed by atoms with Gasteiger partial charge in [-0.3, -0.25) is 0 Å². The van der Waals surface area contributed by atoms with Crippen molar-refractivity contribution in [3.63, 3.8) is 0 Å². The zero-order chi connectivity index (χ0) is 15.6. The van der Waals surface area contributed by atoms with Crippen LogP contribution in [0.1, 0.15) is 18.5 Å². The molecule has 0 saturated heterocycles. The maximum absolute atomic E-state index is 13.8. The fraction of sp³-hybridized carbons (Fsp3) is 0.200. The molecule has 0 aliphatic carbocycles. The Bertz CT molecular complexity index is 760. The van der Waals surface area contributed by atoms with Crippen molar-refractivity contribution in [3.8, 4) is 0 Å². The Morgan fingerprint density at radius 3 is 2.38 bits per heavy atom. The molecule has 0 heterocycles. The minimum atomic E-state index is -3.59. The van der Waals surface area contributed by atoms with Gasteiger partial charge in [-0.15, -0.1) is 0 Å². The van der Waals surface area contributed by atoms with Crippen LogP contribution in [0, 0.1) is 11.6 Å². The average molecular weight is 311 g/mol. The molecule has 2 aromatic carbocycles. The first-order valence-corrected chi connectivity index (χ1v) is 8.18. The zero-order valence-electron chi connectivity index (χ0n) is 11.6. The van der Waals surface area contributed by atoms with Crippen LogP contribution in [0.3, 0.4) is 0 Å². The molecule has 0 aliphatic heterocycles. The fourth-order valence-corrected chi connectivity index (χ4v) is 2.73. The summed E-state index contributed by atoms with van der Waals surface area (Å²) in [6.45, 7) is 1.78. The van der Waals surface area contributed by atoms with Gasteiger partial charge < -0.3 is 5.32 Å². The third-order valence-electron chi connectivity index (χ3n) is 3.06. The summed E-state index contributed by atoms with van der Waals surface area (Å²) in [6.07, 6.45) is 0.958. The highest BCUT2D eigenvalue weighted by molar-refractivity contribution is 7.90. The average Bonchev–Trinajstić information content (AvgIpc) is 2.37. The van der Waals surface area contributed by atoms with Gasteiger partial charge in [0.05, 0.1) is 0 Å². The highest BCUT2D eigenvalue weighted by Crippen LogP contribution is 2.23. The maximum Gasteiger partial charge on any atom is 0.178 e. The molecule has 112 valence electrons. The van der Waals surface area contributed by atoms with Gasteiger partial charge in [-0.25, -0.2) is 17.2 Å². The molecule has 0 aromatic heterocycles. The monoisotopic (exact) mass is 311 g/mol. The van der Waals surface area contributed by atoms with Crippen molar-refractivity contribution in [2.24, 2.45) is 0 Å². The first-order valence-electron chi connectivity index (χ1n) is 6.29. The smallest absolute Gasteiger partial charge is 0.178 e. The van der Waals surface area contributed by atoms with E-state index in [1.54, 1.807) is 19.1 Å². The predicted octanol–water partition coefficient (Wildman–Crippen LogP) is 3.54. The van der Waals surface area contributed by atoms with Crippen molar-refractivity contribution in [2.75, 3.05) is 11.6 Å². The Morgan fingerprint density at radius 1 is 1.10 bits per heavy atom. The molecule has 0 spiro atoms. The highest BCUT2D eigenvalue weighted by atomic mass is 32.2. The van der Waals surface area contributed by atoms with Crippen LogP contribution in [0.15, 0.2) is 47.4 Å². The van der Waals surface area contributed by atoms with E-state index in [2.05, 4.69) is 5.32 Å². The Morgan fingerprint density at radius 2 is 1.81 bits per heavy atom. The van der Waals surface area contributed by atoms with Crippen LogP contribution in [0.5, 0.6) is 0 Å². The van der Waals surface area contributed by atoms with Crippen LogP contribution in [0.25, 0.3) is 0 Å². The van der Waals surface area contributed by atoms with Crippen LogP contribution in [0.2, 0.25) is 0 Å². The predicted molar refractivity (Wildman–Crippen MR) is 77.9 cm³/mol. The molecule has 6 heteroatoms. The van der Waals surface area contributed by atoms with Crippen molar-refractivity contribution >= 4 is 15.5 Å². The highest BCUT2D eigenvalue weighted by Gasteiger charge is 2.15. The van der Waals surface area contributed by atoms with E-state index in [0.717, 1.165) is 6.26 Å². The van der Waals surface area contributed by atoms with Crippen molar-refractivity contribution in [3.05, 3.63) is 59.7 Å². The second-order valence-electron chi connectivity index (χ2n) is 4.84. The number of rotatable bonds is 4. The van der Waals surface area contributed by atoms with Crippen LogP contribution in [-0.4, -0.2) is 14.7 Å². The van der Waals surface area contributed by atoms with Crippen molar-refractivity contribution in [2.45, 2.75) is 17.9 Å². The molecule has 0 saturated carbocycles. The minimum Gasteiger partial charge on any atom is -0.378 e. The topological polar surface area (TPSA) is 46.2 Å². The normalized spacial score (nSPS) is 13.0. The summed E-state index contributed by atoms with van der Waals surface area (Å²) in [5.41, 5.74) is 1.14. The Kier molecular flexibility index (Phi) is 4.27. The first-order chi connectivity index (χ1) is 9.77. The molecule has 1 unspecified atom stereocenters. The summed E-state index contributed by atoms with van der Waals surface area (Å²) in [5, 5.41) is 3.03. The molecule has 0 aliphatic rings. The standard InChI is InChI=1S/C15H15F2NO2S/c1-10(18-13-5-3-4-12(16)9-13)11-6-7-15(14(17)8-11)21(2,19)20/h3-10,18H,1-2H3. The largest absolute Gasteiger partial charge is 0.378 e. The summed E-state index contributed by atoms with van der Waals surface area (Å²) in [7, 11) is -3.59. The number of halogens is 2. The first kappa shape index (κ1) is 15.4. The van der Waals surface area contributed by atoms with Crippen LogP contribution in [0.4, 0.5) is 14.5 Å². The minimum absolute atomic E-state index is 0.296. The molecular formula is C15H15F2NO2S. The molecule has 0 radical (unpaired) electrons. The molecule has 0 fully saturated rings. The number of hydrogen-bond acceptors (Lipinski definition) is 3. The van der Waals surface area contributed by atoms with E-state index in [4.69, 9.17) is 0 Å². The summed E-state index contributed by atoms with van der Waals surface area (Å²) in [4.78, 5) is -0.329. The Hall–Kier alpha value is -1.95. The van der Waals surface area contributed by atoms with E-state index in [1.165, 1.54) is 30.3 Å². The van der Waals surface area contributed by atoms with Gasteiger partial charge in [-0.05, 0) is 42.8 Å². The molecule has 1 N–H and O–H groups in total. The molecule has 0 amide bonds. The fourth-order valence-electron chi connectivity index (χ4n) is 2.00. The Labute approximate surface area is 122 Å². The van der Waals surface area contributed by atoms with E-state index in [0.29, 0.717) is 11.3 Å². The van der Waals surface area contributed by atoms with Crippen molar-refractivity contribution in [1.29, 1.82) is 0 Å². The second-order valence-corrected chi connectivity index (χ2v) is 6.82. The van der Waals surface area contributed by atoms with Crippen LogP contribution < -0.4 is 5.32 Å². The lowest BCUT2D eigenvalue weighted by Gasteiger charge is -2.16. The molecule has 21 heavy (non-hydrogen) atoms. The zero-order valence-corrected chi connectivity index (χ0v) is 12.4. The van der Waals surface area contributed by atoms with Crippen molar-refractivity contribution in [1.82, 2.24) is 0 Å². The number of anilines is 1. The molecule has 2 rings (SSSR count). The molecule has 2 aromatic rings. The van der Waals surface area contributed by atoms with Gasteiger partial charge in [0.15, 0.2) is 9.84 Å². The third kappa shape index (κ3) is 3.78. The summed E-state index contributed by atoms with van der Waals surface area (Å²) in [6, 6.07) is 9.58. The molecule has 3 nitrogen and oxygen atoms in total. The van der Waals surface area contributed by atoms with Crippen molar-refractivity contribution < 1.29 is 17.2 Å². The van der Waals surface area contributed by atoms with E-state index in [1.807, 2.05) is 0 Å². The number of benzene rings is 2. The lowest BCUT2D eigenvalue weighted by molar-refractivity contribution is 0.568. The van der Waals surface area contributed by atoms with Gasteiger partial charge in [0, 0.05) is 18.0 Å². The number of hydrogen-bond donors (Lipinski definition) is 1. The summed E-state index contributed by atoms with van der Waals surface area (Å²) < 4.78 is 49.7. The van der Waals surface area contributed by atoms with E-state index in [9.17, 15) is 17.2 Å². The second kappa shape index (κ2) is 5.81. The Balaban J connectivity index is 2.24. The number of sulfone groups is 1. The summed E-state index contributed by atoms with van der Waals surface area (Å²) in [5.74, 6) is -1.16. The van der Waals surface area contributed by atoms with E-state index >= 15 is 0 Å². The van der Waals surface area contributed by atoms with E-state index in [-0.39, 0.29) is 16.8 Å².